The van der Waals surface area contributed by atoms with E-state index in [1.165, 1.54) is 31.5 Å². The molecule has 1 N–H and O–H groups in total. The molecular formula is C16H20ClN3S. The van der Waals surface area contributed by atoms with Crippen molar-refractivity contribution in [2.24, 2.45) is 0 Å². The summed E-state index contributed by atoms with van der Waals surface area (Å²) in [5.74, 6) is 0. The molecule has 3 rings (SSSR count). The maximum atomic E-state index is 5.92. The van der Waals surface area contributed by atoms with Crippen LogP contribution in [-0.2, 0) is 6.54 Å². The van der Waals surface area contributed by atoms with Crippen LogP contribution in [0, 0.1) is 0 Å². The van der Waals surface area contributed by atoms with Crippen molar-refractivity contribution in [3.05, 3.63) is 51.4 Å². The molecule has 112 valence electrons. The van der Waals surface area contributed by atoms with Crippen LogP contribution in [0.2, 0.25) is 4.34 Å². The molecule has 1 aromatic carbocycles. The highest BCUT2D eigenvalue weighted by atomic mass is 35.5. The molecule has 1 fully saturated rings. The lowest BCUT2D eigenvalue weighted by Gasteiger charge is -2.28. The van der Waals surface area contributed by atoms with Crippen LogP contribution < -0.4 is 5.32 Å². The lowest BCUT2D eigenvalue weighted by Crippen LogP contribution is -2.33. The van der Waals surface area contributed by atoms with Gasteiger partial charge in [-0.15, -0.1) is 11.3 Å². The Labute approximate surface area is 135 Å². The first-order valence-electron chi connectivity index (χ1n) is 7.43. The molecule has 0 spiro atoms. The van der Waals surface area contributed by atoms with Crippen LogP contribution in [0.4, 0.5) is 0 Å². The Hall–Kier alpha value is -0.940. The highest BCUT2D eigenvalue weighted by Gasteiger charge is 2.22. The molecule has 1 aromatic heterocycles. The number of thiazole rings is 1. The Balaban J connectivity index is 1.62. The molecule has 0 saturated carbocycles. The fourth-order valence-corrected chi connectivity index (χ4v) is 3.80. The van der Waals surface area contributed by atoms with E-state index in [-0.39, 0.29) is 0 Å². The Morgan fingerprint density at radius 3 is 2.67 bits per heavy atom. The molecule has 1 unspecified atom stereocenters. The summed E-state index contributed by atoms with van der Waals surface area (Å²) in [5.41, 5.74) is 1.39. The van der Waals surface area contributed by atoms with E-state index in [2.05, 4.69) is 45.5 Å². The van der Waals surface area contributed by atoms with E-state index >= 15 is 0 Å². The van der Waals surface area contributed by atoms with Crippen molar-refractivity contribution in [3.8, 4) is 0 Å². The predicted molar refractivity (Wildman–Crippen MR) is 88.8 cm³/mol. The van der Waals surface area contributed by atoms with E-state index in [1.807, 2.05) is 0 Å². The summed E-state index contributed by atoms with van der Waals surface area (Å²) in [7, 11) is 0. The Morgan fingerprint density at radius 2 is 2.00 bits per heavy atom. The van der Waals surface area contributed by atoms with Gasteiger partial charge in [-0.25, -0.2) is 4.98 Å². The Kier molecular flexibility index (Phi) is 5.25. The average molecular weight is 322 g/mol. The van der Waals surface area contributed by atoms with Crippen molar-refractivity contribution in [2.45, 2.75) is 25.4 Å². The molecule has 1 aliphatic heterocycles. The van der Waals surface area contributed by atoms with Gasteiger partial charge in [0.25, 0.3) is 0 Å². The second kappa shape index (κ2) is 7.36. The predicted octanol–water partition coefficient (Wildman–Crippen LogP) is 3.72. The number of hydrogen-bond donors (Lipinski definition) is 1. The van der Waals surface area contributed by atoms with Crippen LogP contribution in [0.3, 0.4) is 0 Å². The van der Waals surface area contributed by atoms with Crippen molar-refractivity contribution >= 4 is 22.9 Å². The molecule has 0 radical (unpaired) electrons. The molecule has 21 heavy (non-hydrogen) atoms. The minimum absolute atomic E-state index is 0.448. The minimum Gasteiger partial charge on any atom is -0.309 e. The van der Waals surface area contributed by atoms with Gasteiger partial charge < -0.3 is 5.32 Å². The third kappa shape index (κ3) is 4.04. The lowest BCUT2D eigenvalue weighted by molar-refractivity contribution is 0.238. The minimum atomic E-state index is 0.448. The van der Waals surface area contributed by atoms with E-state index in [4.69, 9.17) is 11.6 Å². The maximum Gasteiger partial charge on any atom is 0.113 e. The molecule has 2 heterocycles. The van der Waals surface area contributed by atoms with Crippen molar-refractivity contribution in [3.63, 3.8) is 0 Å². The molecule has 1 saturated heterocycles. The topological polar surface area (TPSA) is 28.2 Å². The van der Waals surface area contributed by atoms with E-state index in [9.17, 15) is 0 Å². The average Bonchev–Trinajstić information content (AvgIpc) is 3.16. The zero-order valence-corrected chi connectivity index (χ0v) is 13.5. The van der Waals surface area contributed by atoms with Gasteiger partial charge in [0.15, 0.2) is 0 Å². The zero-order chi connectivity index (χ0) is 14.5. The van der Waals surface area contributed by atoms with Crippen molar-refractivity contribution in [1.29, 1.82) is 0 Å². The van der Waals surface area contributed by atoms with Crippen LogP contribution in [0.1, 0.15) is 29.5 Å². The molecule has 3 nitrogen and oxygen atoms in total. The monoisotopic (exact) mass is 321 g/mol. The van der Waals surface area contributed by atoms with Gasteiger partial charge in [0.1, 0.15) is 9.34 Å². The standard InChI is InChI=1S/C16H20ClN3S/c17-15-11-19-16(21-15)12-18-10-14(20-8-4-5-9-20)13-6-2-1-3-7-13/h1-3,6-7,11,14,18H,4-5,8-10,12H2. The summed E-state index contributed by atoms with van der Waals surface area (Å²) >= 11 is 7.47. The van der Waals surface area contributed by atoms with Crippen LogP contribution in [0.25, 0.3) is 0 Å². The van der Waals surface area contributed by atoms with Gasteiger partial charge in [-0.3, -0.25) is 4.90 Å². The maximum absolute atomic E-state index is 5.92. The van der Waals surface area contributed by atoms with Gasteiger partial charge in [-0.2, -0.15) is 0 Å². The smallest absolute Gasteiger partial charge is 0.113 e. The van der Waals surface area contributed by atoms with Crippen LogP contribution >= 0.6 is 22.9 Å². The highest BCUT2D eigenvalue weighted by Crippen LogP contribution is 2.24. The zero-order valence-electron chi connectivity index (χ0n) is 12.0. The molecule has 1 atom stereocenters. The van der Waals surface area contributed by atoms with Crippen molar-refractivity contribution < 1.29 is 0 Å². The van der Waals surface area contributed by atoms with Crippen LogP contribution in [-0.4, -0.2) is 29.5 Å². The lowest BCUT2D eigenvalue weighted by atomic mass is 10.1. The van der Waals surface area contributed by atoms with Gasteiger partial charge in [-0.1, -0.05) is 41.9 Å². The fraction of sp³-hybridized carbons (Fsp3) is 0.438. The van der Waals surface area contributed by atoms with Gasteiger partial charge >= 0.3 is 0 Å². The summed E-state index contributed by atoms with van der Waals surface area (Å²) in [4.78, 5) is 6.87. The van der Waals surface area contributed by atoms with E-state index in [0.717, 1.165) is 22.4 Å². The number of hydrogen-bond acceptors (Lipinski definition) is 4. The summed E-state index contributed by atoms with van der Waals surface area (Å²) < 4.78 is 0.756. The second-order valence-electron chi connectivity index (χ2n) is 5.36. The Bertz CT molecular complexity index is 552. The largest absolute Gasteiger partial charge is 0.309 e. The number of halogens is 1. The molecular weight excluding hydrogens is 302 g/mol. The van der Waals surface area contributed by atoms with Crippen LogP contribution in [0.5, 0.6) is 0 Å². The van der Waals surface area contributed by atoms with Gasteiger partial charge in [-0.05, 0) is 31.5 Å². The number of aromatic nitrogens is 1. The van der Waals surface area contributed by atoms with E-state index in [0.29, 0.717) is 6.04 Å². The molecule has 5 heteroatoms. The number of likely N-dealkylation sites (tertiary alicyclic amines) is 1. The number of nitrogens with zero attached hydrogens (tertiary/aromatic N) is 2. The first kappa shape index (κ1) is 15.0. The summed E-state index contributed by atoms with van der Waals surface area (Å²) in [6.45, 7) is 4.13. The SMILES string of the molecule is Clc1cnc(CNCC(c2ccccc2)N2CCCC2)s1. The van der Waals surface area contributed by atoms with Gasteiger partial charge in [0.2, 0.25) is 0 Å². The molecule has 0 bridgehead atoms. The third-order valence-electron chi connectivity index (χ3n) is 3.91. The van der Waals surface area contributed by atoms with E-state index < -0.39 is 0 Å². The summed E-state index contributed by atoms with van der Waals surface area (Å²) in [5, 5.41) is 4.59. The quantitative estimate of drug-likeness (QED) is 0.879. The van der Waals surface area contributed by atoms with Crippen molar-refractivity contribution in [2.75, 3.05) is 19.6 Å². The molecule has 0 aliphatic carbocycles. The molecule has 0 amide bonds. The summed E-state index contributed by atoms with van der Waals surface area (Å²) in [6.07, 6.45) is 4.34. The number of benzene rings is 1. The number of nitrogens with one attached hydrogen (secondary N) is 1. The van der Waals surface area contributed by atoms with E-state index in [1.54, 1.807) is 17.5 Å². The third-order valence-corrected chi connectivity index (χ3v) is 5.02. The second-order valence-corrected chi connectivity index (χ2v) is 7.11. The normalized spacial score (nSPS) is 17.2. The summed E-state index contributed by atoms with van der Waals surface area (Å²) in [6, 6.07) is 11.2. The first-order chi connectivity index (χ1) is 10.3. The molecule has 2 aromatic rings. The number of rotatable bonds is 6. The van der Waals surface area contributed by atoms with Gasteiger partial charge in [0.05, 0.1) is 6.20 Å². The first-order valence-corrected chi connectivity index (χ1v) is 8.62. The fourth-order valence-electron chi connectivity index (χ4n) is 2.87. The highest BCUT2D eigenvalue weighted by molar-refractivity contribution is 7.15. The Morgan fingerprint density at radius 1 is 1.24 bits per heavy atom. The van der Waals surface area contributed by atoms with Crippen LogP contribution in [0.15, 0.2) is 36.5 Å². The van der Waals surface area contributed by atoms with Crippen molar-refractivity contribution in [1.82, 2.24) is 15.2 Å². The van der Waals surface area contributed by atoms with Gasteiger partial charge in [0, 0.05) is 19.1 Å². The molecule has 1 aliphatic rings.